The molecule has 0 aliphatic heterocycles. The molecule has 14 heavy (non-hydrogen) atoms. The molecular weight excluding hydrogens is 200 g/mol. The maximum Gasteiger partial charge on any atom is 0.203 e. The van der Waals surface area contributed by atoms with Gasteiger partial charge in [-0.2, -0.15) is 0 Å². The predicted molar refractivity (Wildman–Crippen MR) is 57.6 cm³/mol. The molecule has 4 heteroatoms. The molecule has 3 nitrogen and oxygen atoms in total. The average molecular weight is 214 g/mol. The van der Waals surface area contributed by atoms with Gasteiger partial charge in [-0.1, -0.05) is 6.92 Å². The van der Waals surface area contributed by atoms with Crippen LogP contribution in [0.4, 0.5) is 0 Å². The summed E-state index contributed by atoms with van der Waals surface area (Å²) in [7, 11) is 3.06. The van der Waals surface area contributed by atoms with Gasteiger partial charge in [-0.05, 0) is 17.9 Å². The van der Waals surface area contributed by atoms with E-state index in [9.17, 15) is 5.11 Å². The molecule has 0 aliphatic rings. The van der Waals surface area contributed by atoms with Crippen molar-refractivity contribution in [1.82, 2.24) is 0 Å². The lowest BCUT2D eigenvalue weighted by molar-refractivity contribution is 0.332. The van der Waals surface area contributed by atoms with E-state index in [2.05, 4.69) is 6.92 Å². The summed E-state index contributed by atoms with van der Waals surface area (Å²) in [4.78, 5) is 0.975. The first-order valence-corrected chi connectivity index (χ1v) is 5.29. The number of benzene rings is 1. The highest BCUT2D eigenvalue weighted by Gasteiger charge is 2.11. The van der Waals surface area contributed by atoms with Gasteiger partial charge in [-0.25, -0.2) is 0 Å². The molecule has 1 aromatic rings. The van der Waals surface area contributed by atoms with Crippen molar-refractivity contribution >= 4 is 11.8 Å². The van der Waals surface area contributed by atoms with Crippen LogP contribution in [0.3, 0.4) is 0 Å². The molecule has 0 aromatic heterocycles. The number of thioether (sulfide) groups is 1. The molecule has 0 saturated carbocycles. The van der Waals surface area contributed by atoms with Gasteiger partial charge in [0.05, 0.1) is 14.2 Å². The largest absolute Gasteiger partial charge is 0.504 e. The number of phenols is 1. The summed E-state index contributed by atoms with van der Waals surface area (Å²) >= 11 is 1.64. The lowest BCUT2D eigenvalue weighted by Crippen LogP contribution is -1.91. The van der Waals surface area contributed by atoms with E-state index in [4.69, 9.17) is 9.47 Å². The highest BCUT2D eigenvalue weighted by atomic mass is 32.2. The van der Waals surface area contributed by atoms with E-state index >= 15 is 0 Å². The Morgan fingerprint density at radius 1 is 1.29 bits per heavy atom. The zero-order valence-corrected chi connectivity index (χ0v) is 9.35. The fraction of sp³-hybridized carbons (Fsp3) is 0.400. The smallest absolute Gasteiger partial charge is 0.203 e. The summed E-state index contributed by atoms with van der Waals surface area (Å²) in [6.07, 6.45) is 0. The van der Waals surface area contributed by atoms with Gasteiger partial charge in [0, 0.05) is 4.90 Å². The minimum Gasteiger partial charge on any atom is -0.504 e. The topological polar surface area (TPSA) is 38.7 Å². The Morgan fingerprint density at radius 2 is 2.00 bits per heavy atom. The number of rotatable bonds is 4. The van der Waals surface area contributed by atoms with Crippen LogP contribution in [-0.4, -0.2) is 25.1 Å². The molecular formula is C10H14O3S. The first-order valence-electron chi connectivity index (χ1n) is 4.30. The van der Waals surface area contributed by atoms with Crippen molar-refractivity contribution < 1.29 is 14.6 Å². The Hall–Kier alpha value is -1.03. The van der Waals surface area contributed by atoms with E-state index in [0.717, 1.165) is 10.6 Å². The van der Waals surface area contributed by atoms with Crippen LogP contribution in [0.5, 0.6) is 17.2 Å². The van der Waals surface area contributed by atoms with Gasteiger partial charge >= 0.3 is 0 Å². The number of aromatic hydroxyl groups is 1. The van der Waals surface area contributed by atoms with Crippen molar-refractivity contribution in [2.45, 2.75) is 11.8 Å². The van der Waals surface area contributed by atoms with Crippen LogP contribution in [0.15, 0.2) is 17.0 Å². The zero-order chi connectivity index (χ0) is 10.6. The van der Waals surface area contributed by atoms with Crippen LogP contribution >= 0.6 is 11.8 Å². The molecule has 0 saturated heterocycles. The monoisotopic (exact) mass is 214 g/mol. The Bertz CT molecular complexity index is 312. The van der Waals surface area contributed by atoms with Crippen molar-refractivity contribution in [2.75, 3.05) is 20.0 Å². The second kappa shape index (κ2) is 5.00. The minimum absolute atomic E-state index is 0.114. The summed E-state index contributed by atoms with van der Waals surface area (Å²) in [6, 6.07) is 3.53. The Labute approximate surface area is 88.0 Å². The summed E-state index contributed by atoms with van der Waals surface area (Å²) in [6.45, 7) is 2.05. The van der Waals surface area contributed by atoms with E-state index in [0.29, 0.717) is 11.5 Å². The normalized spacial score (nSPS) is 9.93. The molecule has 1 N–H and O–H groups in total. The number of methoxy groups -OCH3 is 2. The van der Waals surface area contributed by atoms with Crippen LogP contribution in [0.25, 0.3) is 0 Å². The fourth-order valence-electron chi connectivity index (χ4n) is 1.17. The van der Waals surface area contributed by atoms with Crippen molar-refractivity contribution in [1.29, 1.82) is 0 Å². The average Bonchev–Trinajstić information content (AvgIpc) is 2.17. The van der Waals surface area contributed by atoms with Crippen molar-refractivity contribution in [3.63, 3.8) is 0 Å². The van der Waals surface area contributed by atoms with E-state index < -0.39 is 0 Å². The van der Waals surface area contributed by atoms with Gasteiger partial charge in [0.25, 0.3) is 0 Å². The van der Waals surface area contributed by atoms with Crippen LogP contribution in [0.1, 0.15) is 6.92 Å². The van der Waals surface area contributed by atoms with Crippen LogP contribution in [0.2, 0.25) is 0 Å². The van der Waals surface area contributed by atoms with Gasteiger partial charge < -0.3 is 14.6 Å². The van der Waals surface area contributed by atoms with Gasteiger partial charge in [-0.15, -0.1) is 11.8 Å². The van der Waals surface area contributed by atoms with Crippen molar-refractivity contribution in [3.8, 4) is 17.2 Å². The van der Waals surface area contributed by atoms with Gasteiger partial charge in [0.15, 0.2) is 11.5 Å². The maximum absolute atomic E-state index is 9.61. The molecule has 0 atom stereocenters. The molecule has 0 bridgehead atoms. The van der Waals surface area contributed by atoms with Gasteiger partial charge in [-0.3, -0.25) is 0 Å². The SMILES string of the molecule is CCSc1cc(O)c(OC)c(OC)c1. The predicted octanol–water partition coefficient (Wildman–Crippen LogP) is 2.52. The lowest BCUT2D eigenvalue weighted by atomic mass is 10.3. The standard InChI is InChI=1S/C10H14O3S/c1-4-14-7-5-8(11)10(13-3)9(6-7)12-2/h5-6,11H,4H2,1-3H3. The second-order valence-corrected chi connectivity index (χ2v) is 3.95. The molecule has 0 aliphatic carbocycles. The lowest BCUT2D eigenvalue weighted by Gasteiger charge is -2.10. The first kappa shape index (κ1) is 11.0. The summed E-state index contributed by atoms with van der Waals surface area (Å²) in [5.41, 5.74) is 0. The molecule has 0 fully saturated rings. The molecule has 0 amide bonds. The maximum atomic E-state index is 9.61. The summed E-state index contributed by atoms with van der Waals surface area (Å²) in [5.74, 6) is 2.01. The Balaban J connectivity index is 3.10. The number of ether oxygens (including phenoxy) is 2. The fourth-order valence-corrected chi connectivity index (χ4v) is 1.89. The number of hydrogen-bond acceptors (Lipinski definition) is 4. The van der Waals surface area contributed by atoms with Crippen molar-refractivity contribution in [3.05, 3.63) is 12.1 Å². The third kappa shape index (κ3) is 2.26. The van der Waals surface area contributed by atoms with Crippen LogP contribution in [-0.2, 0) is 0 Å². The summed E-state index contributed by atoms with van der Waals surface area (Å²) < 4.78 is 10.1. The molecule has 0 unspecified atom stereocenters. The van der Waals surface area contributed by atoms with Gasteiger partial charge in [0.1, 0.15) is 0 Å². The molecule has 0 radical (unpaired) electrons. The Kier molecular flexibility index (Phi) is 3.95. The molecule has 78 valence electrons. The highest BCUT2D eigenvalue weighted by molar-refractivity contribution is 7.99. The third-order valence-electron chi connectivity index (χ3n) is 1.74. The molecule has 1 rings (SSSR count). The number of hydrogen-bond donors (Lipinski definition) is 1. The number of phenolic OH excluding ortho intramolecular Hbond substituents is 1. The van der Waals surface area contributed by atoms with E-state index in [1.54, 1.807) is 24.9 Å². The third-order valence-corrected chi connectivity index (χ3v) is 2.60. The van der Waals surface area contributed by atoms with E-state index in [1.807, 2.05) is 6.07 Å². The van der Waals surface area contributed by atoms with E-state index in [1.165, 1.54) is 7.11 Å². The van der Waals surface area contributed by atoms with Crippen molar-refractivity contribution in [2.24, 2.45) is 0 Å². The quantitative estimate of drug-likeness (QED) is 0.782. The summed E-state index contributed by atoms with van der Waals surface area (Å²) in [5, 5.41) is 9.61. The molecule has 0 spiro atoms. The minimum atomic E-state index is 0.114. The highest BCUT2D eigenvalue weighted by Crippen LogP contribution is 2.39. The molecule has 1 aromatic carbocycles. The van der Waals surface area contributed by atoms with Gasteiger partial charge in [0.2, 0.25) is 5.75 Å². The van der Waals surface area contributed by atoms with Crippen LogP contribution in [0, 0.1) is 0 Å². The zero-order valence-electron chi connectivity index (χ0n) is 8.53. The second-order valence-electron chi connectivity index (χ2n) is 2.61. The first-order chi connectivity index (χ1) is 6.72. The van der Waals surface area contributed by atoms with Crippen LogP contribution < -0.4 is 9.47 Å². The molecule has 0 heterocycles. The van der Waals surface area contributed by atoms with E-state index in [-0.39, 0.29) is 5.75 Å². The Morgan fingerprint density at radius 3 is 2.50 bits per heavy atom.